The fourth-order valence-electron chi connectivity index (χ4n) is 3.47. The third kappa shape index (κ3) is 3.03. The van der Waals surface area contributed by atoms with Gasteiger partial charge in [-0.05, 0) is 43.7 Å². The SMILES string of the molecule is O=S(=O)(c1cccnc1)N1C[C@H](OCC2CC2)[C@H]2OCCC[C@H]21. The molecule has 0 amide bonds. The van der Waals surface area contributed by atoms with Gasteiger partial charge in [0.25, 0.3) is 0 Å². The first-order valence-electron chi connectivity index (χ1n) is 8.31. The van der Waals surface area contributed by atoms with Crippen molar-refractivity contribution in [2.24, 2.45) is 5.92 Å². The largest absolute Gasteiger partial charge is 0.374 e. The van der Waals surface area contributed by atoms with Gasteiger partial charge in [0.1, 0.15) is 11.0 Å². The molecule has 0 bridgehead atoms. The van der Waals surface area contributed by atoms with Crippen LogP contribution in [0, 0.1) is 5.92 Å². The van der Waals surface area contributed by atoms with Gasteiger partial charge in [-0.3, -0.25) is 4.98 Å². The Kier molecular flexibility index (Phi) is 4.13. The van der Waals surface area contributed by atoms with Crippen molar-refractivity contribution >= 4 is 10.0 Å². The van der Waals surface area contributed by atoms with Gasteiger partial charge in [0.05, 0.1) is 12.1 Å². The summed E-state index contributed by atoms with van der Waals surface area (Å²) in [6.45, 7) is 1.78. The standard InChI is InChI=1S/C16H22N2O4S/c19-23(20,13-3-1-7-17-9-13)18-10-15(22-11-12-5-6-12)16-14(18)4-2-8-21-16/h1,3,7,9,12,14-16H,2,4-6,8,10-11H2/t14-,15+,16+/m1/s1. The molecule has 0 aromatic carbocycles. The van der Waals surface area contributed by atoms with E-state index in [1.807, 2.05) is 0 Å². The third-order valence-electron chi connectivity index (χ3n) is 4.91. The van der Waals surface area contributed by atoms with E-state index in [2.05, 4.69) is 4.98 Å². The number of hydrogen-bond acceptors (Lipinski definition) is 5. The number of sulfonamides is 1. The van der Waals surface area contributed by atoms with Crippen LogP contribution < -0.4 is 0 Å². The Bertz CT molecular complexity index is 647. The van der Waals surface area contributed by atoms with E-state index in [1.165, 1.54) is 19.0 Å². The molecule has 2 saturated heterocycles. The molecule has 0 spiro atoms. The Morgan fingerprint density at radius 2 is 2.22 bits per heavy atom. The van der Waals surface area contributed by atoms with Crippen LogP contribution >= 0.6 is 0 Å². The second-order valence-corrected chi connectivity index (χ2v) is 8.51. The molecule has 3 heterocycles. The van der Waals surface area contributed by atoms with Gasteiger partial charge >= 0.3 is 0 Å². The van der Waals surface area contributed by atoms with Gasteiger partial charge in [-0.15, -0.1) is 0 Å². The average molecular weight is 338 g/mol. The summed E-state index contributed by atoms with van der Waals surface area (Å²) >= 11 is 0. The lowest BCUT2D eigenvalue weighted by Gasteiger charge is -2.31. The lowest BCUT2D eigenvalue weighted by atomic mass is 10.0. The molecular weight excluding hydrogens is 316 g/mol. The summed E-state index contributed by atoms with van der Waals surface area (Å²) in [5.74, 6) is 0.654. The van der Waals surface area contributed by atoms with Gasteiger partial charge < -0.3 is 9.47 Å². The van der Waals surface area contributed by atoms with E-state index < -0.39 is 10.0 Å². The van der Waals surface area contributed by atoms with Crippen molar-refractivity contribution < 1.29 is 17.9 Å². The number of hydrogen-bond donors (Lipinski definition) is 0. The lowest BCUT2D eigenvalue weighted by Crippen LogP contribution is -2.43. The second kappa shape index (κ2) is 6.12. The van der Waals surface area contributed by atoms with E-state index in [9.17, 15) is 8.42 Å². The molecule has 1 aromatic heterocycles. The van der Waals surface area contributed by atoms with Gasteiger partial charge in [0.2, 0.25) is 10.0 Å². The van der Waals surface area contributed by atoms with E-state index >= 15 is 0 Å². The van der Waals surface area contributed by atoms with Crippen molar-refractivity contribution in [3.05, 3.63) is 24.5 Å². The highest BCUT2D eigenvalue weighted by atomic mass is 32.2. The number of fused-ring (bicyclic) bond motifs is 1. The second-order valence-electron chi connectivity index (χ2n) is 6.62. The van der Waals surface area contributed by atoms with E-state index in [0.717, 1.165) is 19.4 Å². The summed E-state index contributed by atoms with van der Waals surface area (Å²) in [6, 6.07) is 3.12. The smallest absolute Gasteiger partial charge is 0.245 e. The molecule has 0 unspecified atom stereocenters. The minimum absolute atomic E-state index is 0.127. The van der Waals surface area contributed by atoms with Crippen molar-refractivity contribution in [1.29, 1.82) is 0 Å². The molecule has 2 aliphatic heterocycles. The van der Waals surface area contributed by atoms with Crippen LogP contribution in [0.4, 0.5) is 0 Å². The van der Waals surface area contributed by atoms with Gasteiger partial charge in [0.15, 0.2) is 0 Å². The van der Waals surface area contributed by atoms with Crippen molar-refractivity contribution in [3.63, 3.8) is 0 Å². The van der Waals surface area contributed by atoms with E-state index in [0.29, 0.717) is 19.1 Å². The molecule has 1 aromatic rings. The maximum Gasteiger partial charge on any atom is 0.245 e. The molecule has 3 atom stereocenters. The summed E-state index contributed by atoms with van der Waals surface area (Å²) in [5.41, 5.74) is 0. The number of ether oxygens (including phenoxy) is 2. The molecule has 126 valence electrons. The zero-order valence-corrected chi connectivity index (χ0v) is 13.8. The Morgan fingerprint density at radius 1 is 1.35 bits per heavy atom. The Hall–Kier alpha value is -1.02. The maximum atomic E-state index is 13.0. The molecule has 0 radical (unpaired) electrons. The molecule has 23 heavy (non-hydrogen) atoms. The number of rotatable bonds is 5. The Morgan fingerprint density at radius 3 is 2.96 bits per heavy atom. The lowest BCUT2D eigenvalue weighted by molar-refractivity contribution is -0.0773. The van der Waals surface area contributed by atoms with Crippen LogP contribution in [0.5, 0.6) is 0 Å². The van der Waals surface area contributed by atoms with Crippen LogP contribution in [0.25, 0.3) is 0 Å². The summed E-state index contributed by atoms with van der Waals surface area (Å²) in [5, 5.41) is 0. The number of pyridine rings is 1. The Balaban J connectivity index is 1.57. The van der Waals surface area contributed by atoms with Gasteiger partial charge in [0, 0.05) is 32.2 Å². The molecule has 7 heteroatoms. The molecule has 4 rings (SSSR count). The van der Waals surface area contributed by atoms with Crippen molar-refractivity contribution in [2.45, 2.75) is 48.8 Å². The summed E-state index contributed by atoms with van der Waals surface area (Å²) in [4.78, 5) is 4.19. The minimum Gasteiger partial charge on any atom is -0.374 e. The van der Waals surface area contributed by atoms with Gasteiger partial charge in [-0.2, -0.15) is 4.31 Å². The highest BCUT2D eigenvalue weighted by molar-refractivity contribution is 7.89. The van der Waals surface area contributed by atoms with E-state index in [4.69, 9.17) is 9.47 Å². The summed E-state index contributed by atoms with van der Waals surface area (Å²) in [7, 11) is -3.55. The summed E-state index contributed by atoms with van der Waals surface area (Å²) in [6.07, 6.45) is 6.84. The fraction of sp³-hybridized carbons (Fsp3) is 0.688. The van der Waals surface area contributed by atoms with E-state index in [1.54, 1.807) is 22.6 Å². The van der Waals surface area contributed by atoms with Crippen molar-refractivity contribution in [1.82, 2.24) is 9.29 Å². The predicted octanol–water partition coefficient (Wildman–Crippen LogP) is 1.43. The quantitative estimate of drug-likeness (QED) is 0.812. The minimum atomic E-state index is -3.55. The summed E-state index contributed by atoms with van der Waals surface area (Å²) < 4.78 is 39.4. The molecule has 1 aliphatic carbocycles. The highest BCUT2D eigenvalue weighted by Gasteiger charge is 2.50. The first kappa shape index (κ1) is 15.5. The zero-order valence-electron chi connectivity index (χ0n) is 13.0. The molecular formula is C16H22N2O4S. The molecule has 0 N–H and O–H groups in total. The van der Waals surface area contributed by atoms with Crippen LogP contribution in [-0.2, 0) is 19.5 Å². The molecule has 1 saturated carbocycles. The van der Waals surface area contributed by atoms with Crippen molar-refractivity contribution in [3.8, 4) is 0 Å². The predicted molar refractivity (Wildman–Crippen MR) is 83.4 cm³/mol. The van der Waals surface area contributed by atoms with Gasteiger partial charge in [-0.25, -0.2) is 8.42 Å². The topological polar surface area (TPSA) is 68.7 Å². The average Bonchev–Trinajstić information content (AvgIpc) is 3.33. The van der Waals surface area contributed by atoms with Crippen LogP contribution in [-0.4, -0.2) is 55.7 Å². The molecule has 6 nitrogen and oxygen atoms in total. The van der Waals surface area contributed by atoms with E-state index in [-0.39, 0.29) is 23.1 Å². The zero-order chi connectivity index (χ0) is 15.9. The van der Waals surface area contributed by atoms with Crippen LogP contribution in [0.2, 0.25) is 0 Å². The normalized spacial score (nSPS) is 31.9. The Labute approximate surface area is 136 Å². The highest BCUT2D eigenvalue weighted by Crippen LogP contribution is 2.36. The first-order valence-corrected chi connectivity index (χ1v) is 9.75. The molecule has 3 aliphatic rings. The number of nitrogens with zero attached hydrogens (tertiary/aromatic N) is 2. The monoisotopic (exact) mass is 338 g/mol. The maximum absolute atomic E-state index is 13.0. The van der Waals surface area contributed by atoms with Gasteiger partial charge in [-0.1, -0.05) is 0 Å². The fourth-order valence-corrected chi connectivity index (χ4v) is 5.11. The number of aromatic nitrogens is 1. The van der Waals surface area contributed by atoms with Crippen LogP contribution in [0.3, 0.4) is 0 Å². The van der Waals surface area contributed by atoms with Crippen LogP contribution in [0.15, 0.2) is 29.4 Å². The molecule has 3 fully saturated rings. The third-order valence-corrected chi connectivity index (χ3v) is 6.79. The van der Waals surface area contributed by atoms with Crippen molar-refractivity contribution in [2.75, 3.05) is 19.8 Å². The van der Waals surface area contributed by atoms with Crippen LogP contribution in [0.1, 0.15) is 25.7 Å². The first-order chi connectivity index (χ1) is 11.2.